The van der Waals surface area contributed by atoms with Gasteiger partial charge in [-0.25, -0.2) is 0 Å². The smallest absolute Gasteiger partial charge is 0.306 e. The predicted molar refractivity (Wildman–Crippen MR) is 279 cm³/mol. The SMILES string of the molecule is CCCCCCCCC/C=C\CCCCCCCCCC(=O)OC(CO)COC(=O)CCCCCCCCCCCCCCCCCCCCCCCCCCCCCCCCCC. The number of carbonyl (C=O) groups is 2. The van der Waals surface area contributed by atoms with E-state index < -0.39 is 6.10 Å². The lowest BCUT2D eigenvalue weighted by molar-refractivity contribution is -0.161. The third-order valence-corrected chi connectivity index (χ3v) is 13.6. The standard InChI is InChI=1S/C59H114O5/c1-3-5-7-9-11-13-15-17-19-21-23-24-25-26-27-28-29-30-31-32-33-34-35-36-38-39-41-43-45-47-49-51-53-58(61)63-56-57(55-60)64-59(62)54-52-50-48-46-44-42-40-37-22-20-18-16-14-12-10-8-6-4-2/h20,22,57,60H,3-19,21,23-56H2,1-2H3/b22-20-. The number of ether oxygens (including phenoxy) is 2. The molecule has 1 atom stereocenters. The van der Waals surface area contributed by atoms with E-state index in [0.717, 1.165) is 32.1 Å². The van der Waals surface area contributed by atoms with Crippen LogP contribution in [0.15, 0.2) is 12.2 Å². The van der Waals surface area contributed by atoms with Crippen molar-refractivity contribution in [1.82, 2.24) is 0 Å². The van der Waals surface area contributed by atoms with Crippen molar-refractivity contribution in [2.75, 3.05) is 13.2 Å². The largest absolute Gasteiger partial charge is 0.462 e. The highest BCUT2D eigenvalue weighted by Crippen LogP contribution is 2.18. The number of rotatable bonds is 55. The molecule has 0 amide bonds. The van der Waals surface area contributed by atoms with Gasteiger partial charge in [0.25, 0.3) is 0 Å². The summed E-state index contributed by atoms with van der Waals surface area (Å²) in [4.78, 5) is 24.5. The average Bonchev–Trinajstić information content (AvgIpc) is 3.30. The molecule has 0 rings (SSSR count). The van der Waals surface area contributed by atoms with Crippen LogP contribution in [0.2, 0.25) is 0 Å². The van der Waals surface area contributed by atoms with Gasteiger partial charge >= 0.3 is 11.9 Å². The van der Waals surface area contributed by atoms with E-state index in [2.05, 4.69) is 26.0 Å². The van der Waals surface area contributed by atoms with Gasteiger partial charge in [-0.3, -0.25) is 9.59 Å². The molecule has 0 bridgehead atoms. The molecule has 0 aliphatic carbocycles. The number of carbonyl (C=O) groups excluding carboxylic acids is 2. The predicted octanol–water partition coefficient (Wildman–Crippen LogP) is 19.5. The molecule has 64 heavy (non-hydrogen) atoms. The normalized spacial score (nSPS) is 12.1. The van der Waals surface area contributed by atoms with Crippen molar-refractivity contribution in [1.29, 1.82) is 0 Å². The van der Waals surface area contributed by atoms with E-state index in [4.69, 9.17) is 9.47 Å². The third kappa shape index (κ3) is 53.3. The van der Waals surface area contributed by atoms with Crippen LogP contribution in [0.3, 0.4) is 0 Å². The fourth-order valence-corrected chi connectivity index (χ4v) is 9.14. The van der Waals surface area contributed by atoms with Crippen molar-refractivity contribution in [2.45, 2.75) is 341 Å². The van der Waals surface area contributed by atoms with Gasteiger partial charge in [0.1, 0.15) is 6.61 Å². The Kier molecular flexibility index (Phi) is 54.8. The molecular formula is C59H114O5. The summed E-state index contributed by atoms with van der Waals surface area (Å²) in [5.41, 5.74) is 0. The quantitative estimate of drug-likeness (QED) is 0.0374. The Hall–Kier alpha value is -1.36. The Balaban J connectivity index is 3.38. The minimum atomic E-state index is -0.769. The molecule has 0 aromatic rings. The summed E-state index contributed by atoms with van der Waals surface area (Å²) >= 11 is 0. The van der Waals surface area contributed by atoms with Gasteiger partial charge < -0.3 is 14.6 Å². The summed E-state index contributed by atoms with van der Waals surface area (Å²) in [6.07, 6.45) is 69.2. The van der Waals surface area contributed by atoms with Gasteiger partial charge in [0.05, 0.1) is 6.61 Å². The number of hydrogen-bond donors (Lipinski definition) is 1. The van der Waals surface area contributed by atoms with Gasteiger partial charge in [0.15, 0.2) is 6.10 Å². The van der Waals surface area contributed by atoms with Crippen molar-refractivity contribution < 1.29 is 24.2 Å². The molecule has 0 aliphatic rings. The topological polar surface area (TPSA) is 72.8 Å². The molecule has 0 saturated heterocycles. The van der Waals surface area contributed by atoms with Crippen molar-refractivity contribution >= 4 is 11.9 Å². The first-order valence-corrected chi connectivity index (χ1v) is 29.2. The van der Waals surface area contributed by atoms with E-state index in [1.807, 2.05) is 0 Å². The average molecular weight is 904 g/mol. The Bertz CT molecular complexity index is 932. The minimum Gasteiger partial charge on any atom is -0.462 e. The van der Waals surface area contributed by atoms with Crippen LogP contribution in [0.1, 0.15) is 335 Å². The summed E-state index contributed by atoms with van der Waals surface area (Å²) in [5.74, 6) is -0.575. The van der Waals surface area contributed by atoms with Crippen LogP contribution in [0, 0.1) is 0 Å². The second kappa shape index (κ2) is 56.0. The molecule has 0 radical (unpaired) electrons. The second-order valence-corrected chi connectivity index (χ2v) is 20.1. The molecule has 0 spiro atoms. The summed E-state index contributed by atoms with van der Waals surface area (Å²) in [6, 6.07) is 0. The maximum absolute atomic E-state index is 12.3. The Morgan fingerprint density at radius 1 is 0.344 bits per heavy atom. The first-order valence-electron chi connectivity index (χ1n) is 29.2. The van der Waals surface area contributed by atoms with Crippen LogP contribution in [-0.2, 0) is 19.1 Å². The molecule has 1 N–H and O–H groups in total. The molecule has 0 fully saturated rings. The van der Waals surface area contributed by atoms with E-state index in [-0.39, 0.29) is 25.2 Å². The van der Waals surface area contributed by atoms with Crippen molar-refractivity contribution in [3.8, 4) is 0 Å². The maximum Gasteiger partial charge on any atom is 0.306 e. The zero-order chi connectivity index (χ0) is 46.3. The van der Waals surface area contributed by atoms with Gasteiger partial charge in [0, 0.05) is 12.8 Å². The van der Waals surface area contributed by atoms with Gasteiger partial charge in [-0.15, -0.1) is 0 Å². The summed E-state index contributed by atoms with van der Waals surface area (Å²) in [5, 5.41) is 9.64. The molecule has 380 valence electrons. The number of hydrogen-bond acceptors (Lipinski definition) is 5. The lowest BCUT2D eigenvalue weighted by Gasteiger charge is -2.15. The number of allylic oxidation sites excluding steroid dienone is 2. The van der Waals surface area contributed by atoms with E-state index in [1.54, 1.807) is 0 Å². The van der Waals surface area contributed by atoms with Crippen molar-refractivity contribution in [2.24, 2.45) is 0 Å². The fraction of sp³-hybridized carbons (Fsp3) is 0.932. The summed E-state index contributed by atoms with van der Waals surface area (Å²) < 4.78 is 10.7. The molecule has 0 heterocycles. The van der Waals surface area contributed by atoms with Crippen LogP contribution in [-0.4, -0.2) is 36.4 Å². The van der Waals surface area contributed by atoms with Crippen LogP contribution < -0.4 is 0 Å². The van der Waals surface area contributed by atoms with Crippen molar-refractivity contribution in [3.05, 3.63) is 12.2 Å². The number of unbranched alkanes of at least 4 members (excludes halogenated alkanes) is 45. The Morgan fingerprint density at radius 3 is 0.844 bits per heavy atom. The molecule has 0 aromatic carbocycles. The van der Waals surface area contributed by atoms with Gasteiger partial charge in [-0.05, 0) is 38.5 Å². The summed E-state index contributed by atoms with van der Waals surface area (Å²) in [7, 11) is 0. The first kappa shape index (κ1) is 62.6. The van der Waals surface area contributed by atoms with Crippen LogP contribution in [0.5, 0.6) is 0 Å². The Morgan fingerprint density at radius 2 is 0.578 bits per heavy atom. The molecular weight excluding hydrogens is 789 g/mol. The zero-order valence-electron chi connectivity index (χ0n) is 43.6. The molecule has 1 unspecified atom stereocenters. The molecule has 0 aromatic heterocycles. The highest BCUT2D eigenvalue weighted by molar-refractivity contribution is 5.70. The molecule has 0 aliphatic heterocycles. The van der Waals surface area contributed by atoms with E-state index >= 15 is 0 Å². The fourth-order valence-electron chi connectivity index (χ4n) is 9.14. The molecule has 5 heteroatoms. The minimum absolute atomic E-state index is 0.0605. The summed E-state index contributed by atoms with van der Waals surface area (Å²) in [6.45, 7) is 4.19. The van der Waals surface area contributed by atoms with E-state index in [0.29, 0.717) is 12.8 Å². The Labute approximate surface area is 401 Å². The van der Waals surface area contributed by atoms with Crippen LogP contribution in [0.25, 0.3) is 0 Å². The monoisotopic (exact) mass is 903 g/mol. The lowest BCUT2D eigenvalue weighted by atomic mass is 10.0. The second-order valence-electron chi connectivity index (χ2n) is 20.1. The van der Waals surface area contributed by atoms with E-state index in [1.165, 1.54) is 276 Å². The van der Waals surface area contributed by atoms with Crippen LogP contribution in [0.4, 0.5) is 0 Å². The lowest BCUT2D eigenvalue weighted by Crippen LogP contribution is -2.28. The highest BCUT2D eigenvalue weighted by Gasteiger charge is 2.16. The van der Waals surface area contributed by atoms with Crippen LogP contribution >= 0.6 is 0 Å². The van der Waals surface area contributed by atoms with Gasteiger partial charge in [-0.1, -0.05) is 296 Å². The highest BCUT2D eigenvalue weighted by atomic mass is 16.6. The van der Waals surface area contributed by atoms with Gasteiger partial charge in [-0.2, -0.15) is 0 Å². The number of aliphatic hydroxyl groups excluding tert-OH is 1. The zero-order valence-corrected chi connectivity index (χ0v) is 43.6. The molecule has 0 saturated carbocycles. The van der Waals surface area contributed by atoms with Crippen molar-refractivity contribution in [3.63, 3.8) is 0 Å². The maximum atomic E-state index is 12.3. The third-order valence-electron chi connectivity index (χ3n) is 13.6. The number of aliphatic hydroxyl groups is 1. The first-order chi connectivity index (χ1) is 31.6. The van der Waals surface area contributed by atoms with E-state index in [9.17, 15) is 14.7 Å². The molecule has 5 nitrogen and oxygen atoms in total. The van der Waals surface area contributed by atoms with Gasteiger partial charge in [0.2, 0.25) is 0 Å². The number of esters is 2.